The molecule has 0 unspecified atom stereocenters. The number of benzene rings is 1. The fourth-order valence-corrected chi connectivity index (χ4v) is 2.09. The van der Waals surface area contributed by atoms with Crippen LogP contribution in [0, 0.1) is 0 Å². The highest BCUT2D eigenvalue weighted by Gasteiger charge is 2.08. The van der Waals surface area contributed by atoms with E-state index in [4.69, 9.17) is 14.6 Å². The van der Waals surface area contributed by atoms with Crippen LogP contribution in [-0.2, 0) is 0 Å². The van der Waals surface area contributed by atoms with Crippen molar-refractivity contribution < 1.29 is 19.4 Å². The summed E-state index contributed by atoms with van der Waals surface area (Å²) in [7, 11) is 0. The van der Waals surface area contributed by atoms with Gasteiger partial charge in [-0.15, -0.1) is 11.3 Å². The second-order valence-corrected chi connectivity index (χ2v) is 4.78. The molecule has 0 atom stereocenters. The topological polar surface area (TPSA) is 55.8 Å². The molecule has 0 saturated heterocycles. The molecular weight excluding hydrogens is 264 g/mol. The Morgan fingerprint density at radius 2 is 1.89 bits per heavy atom. The van der Waals surface area contributed by atoms with Gasteiger partial charge in [0, 0.05) is 11.4 Å². The maximum absolute atomic E-state index is 10.8. The van der Waals surface area contributed by atoms with Gasteiger partial charge in [-0.25, -0.2) is 4.79 Å². The summed E-state index contributed by atoms with van der Waals surface area (Å²) in [5.74, 6) is 1.04. The molecule has 0 spiro atoms. The fraction of sp³-hybridized carbons (Fsp3) is 0.214. The molecule has 0 amide bonds. The zero-order valence-electron chi connectivity index (χ0n) is 10.5. The van der Waals surface area contributed by atoms with Gasteiger partial charge in [-0.2, -0.15) is 0 Å². The molecule has 4 nitrogen and oxygen atoms in total. The molecule has 0 bridgehead atoms. The third kappa shape index (κ3) is 3.72. The van der Waals surface area contributed by atoms with Crippen molar-refractivity contribution >= 4 is 17.3 Å². The van der Waals surface area contributed by atoms with E-state index in [0.717, 1.165) is 23.5 Å². The van der Waals surface area contributed by atoms with E-state index in [1.165, 1.54) is 6.07 Å². The van der Waals surface area contributed by atoms with E-state index in [0.29, 0.717) is 18.1 Å². The van der Waals surface area contributed by atoms with Gasteiger partial charge in [0.05, 0.1) is 6.61 Å². The minimum atomic E-state index is -0.942. The van der Waals surface area contributed by atoms with Crippen molar-refractivity contribution in [2.45, 2.75) is 13.3 Å². The van der Waals surface area contributed by atoms with Gasteiger partial charge in [0.25, 0.3) is 0 Å². The van der Waals surface area contributed by atoms with E-state index >= 15 is 0 Å². The predicted molar refractivity (Wildman–Crippen MR) is 73.6 cm³/mol. The monoisotopic (exact) mass is 278 g/mol. The molecule has 2 aromatic rings. The molecule has 0 aliphatic carbocycles. The summed E-state index contributed by atoms with van der Waals surface area (Å²) >= 11 is 1.14. The molecular formula is C14H14O4S. The zero-order chi connectivity index (χ0) is 13.7. The molecule has 1 N–H and O–H groups in total. The van der Waals surface area contributed by atoms with Crippen molar-refractivity contribution in [3.05, 3.63) is 40.6 Å². The minimum absolute atomic E-state index is 0.262. The van der Waals surface area contributed by atoms with E-state index in [2.05, 4.69) is 0 Å². The lowest BCUT2D eigenvalue weighted by molar-refractivity contribution is 0.0702. The number of ether oxygens (including phenoxy) is 2. The lowest BCUT2D eigenvalue weighted by Crippen LogP contribution is -1.94. The van der Waals surface area contributed by atoms with Crippen LogP contribution in [0.25, 0.3) is 0 Å². The second kappa shape index (κ2) is 6.24. The van der Waals surface area contributed by atoms with Crippen LogP contribution in [0.2, 0.25) is 0 Å². The van der Waals surface area contributed by atoms with Crippen LogP contribution in [0.1, 0.15) is 23.0 Å². The van der Waals surface area contributed by atoms with Crippen molar-refractivity contribution in [1.82, 2.24) is 0 Å². The van der Waals surface area contributed by atoms with Crippen LogP contribution in [0.5, 0.6) is 17.2 Å². The Kier molecular flexibility index (Phi) is 4.41. The average Bonchev–Trinajstić information content (AvgIpc) is 2.87. The Morgan fingerprint density at radius 3 is 2.47 bits per heavy atom. The Hall–Kier alpha value is -2.01. The molecule has 1 aromatic heterocycles. The molecule has 0 aliphatic heterocycles. The van der Waals surface area contributed by atoms with Gasteiger partial charge in [-0.05, 0) is 30.7 Å². The van der Waals surface area contributed by atoms with Gasteiger partial charge in [0.2, 0.25) is 0 Å². The summed E-state index contributed by atoms with van der Waals surface area (Å²) in [6, 6.07) is 8.76. The first kappa shape index (κ1) is 13.4. The standard InChI is InChI=1S/C14H14O4S/c1-2-7-17-10-3-5-11(6-4-10)18-12-8-13(14(15)16)19-9-12/h3-6,8-9H,2,7H2,1H3,(H,15,16). The third-order valence-corrected chi connectivity index (χ3v) is 3.22. The van der Waals surface area contributed by atoms with E-state index in [9.17, 15) is 4.79 Å². The van der Waals surface area contributed by atoms with Crippen LogP contribution in [0.3, 0.4) is 0 Å². The maximum atomic E-state index is 10.8. The van der Waals surface area contributed by atoms with Crippen LogP contribution in [0.15, 0.2) is 35.7 Å². The first-order valence-electron chi connectivity index (χ1n) is 5.91. The highest BCUT2D eigenvalue weighted by Crippen LogP contribution is 2.28. The maximum Gasteiger partial charge on any atom is 0.346 e. The summed E-state index contributed by atoms with van der Waals surface area (Å²) < 4.78 is 11.0. The first-order valence-corrected chi connectivity index (χ1v) is 6.79. The molecule has 1 heterocycles. The second-order valence-electron chi connectivity index (χ2n) is 3.87. The highest BCUT2D eigenvalue weighted by atomic mass is 32.1. The molecule has 0 radical (unpaired) electrons. The van der Waals surface area contributed by atoms with Crippen LogP contribution in [0.4, 0.5) is 0 Å². The smallest absolute Gasteiger partial charge is 0.346 e. The number of hydrogen-bond acceptors (Lipinski definition) is 4. The lowest BCUT2D eigenvalue weighted by atomic mass is 10.3. The number of aromatic carboxylic acids is 1. The number of thiophene rings is 1. The van der Waals surface area contributed by atoms with Crippen LogP contribution < -0.4 is 9.47 Å². The van der Waals surface area contributed by atoms with Gasteiger partial charge in [0.15, 0.2) is 0 Å². The molecule has 0 saturated carbocycles. The number of carboxylic acid groups (broad SMARTS) is 1. The Bertz CT molecular complexity index is 545. The number of carbonyl (C=O) groups is 1. The normalized spacial score (nSPS) is 10.2. The summed E-state index contributed by atoms with van der Waals surface area (Å²) in [6.07, 6.45) is 0.963. The molecule has 2 rings (SSSR count). The SMILES string of the molecule is CCCOc1ccc(Oc2csc(C(=O)O)c2)cc1. The minimum Gasteiger partial charge on any atom is -0.494 e. The van der Waals surface area contributed by atoms with E-state index in [1.807, 2.05) is 19.1 Å². The average molecular weight is 278 g/mol. The predicted octanol–water partition coefficient (Wildman–Crippen LogP) is 4.03. The Labute approximate surface area is 115 Å². The number of hydrogen-bond donors (Lipinski definition) is 1. The van der Waals surface area contributed by atoms with Crippen LogP contribution >= 0.6 is 11.3 Å². The van der Waals surface area contributed by atoms with Gasteiger partial charge < -0.3 is 14.6 Å². The Morgan fingerprint density at radius 1 is 1.21 bits per heavy atom. The molecule has 19 heavy (non-hydrogen) atoms. The van der Waals surface area contributed by atoms with E-state index in [1.54, 1.807) is 17.5 Å². The quantitative estimate of drug-likeness (QED) is 0.866. The summed E-state index contributed by atoms with van der Waals surface area (Å²) in [5, 5.41) is 10.5. The molecule has 100 valence electrons. The highest BCUT2D eigenvalue weighted by molar-refractivity contribution is 7.12. The van der Waals surface area contributed by atoms with Crippen molar-refractivity contribution in [2.24, 2.45) is 0 Å². The van der Waals surface area contributed by atoms with Crippen LogP contribution in [-0.4, -0.2) is 17.7 Å². The van der Waals surface area contributed by atoms with Crippen molar-refractivity contribution in [2.75, 3.05) is 6.61 Å². The van der Waals surface area contributed by atoms with Gasteiger partial charge >= 0.3 is 5.97 Å². The van der Waals surface area contributed by atoms with E-state index in [-0.39, 0.29) is 4.88 Å². The van der Waals surface area contributed by atoms with Crippen molar-refractivity contribution in [1.29, 1.82) is 0 Å². The summed E-state index contributed by atoms with van der Waals surface area (Å²) in [5.41, 5.74) is 0. The molecule has 5 heteroatoms. The number of carboxylic acids is 1. The van der Waals surface area contributed by atoms with Crippen molar-refractivity contribution in [3.63, 3.8) is 0 Å². The third-order valence-electron chi connectivity index (χ3n) is 2.32. The molecule has 0 aliphatic rings. The summed E-state index contributed by atoms with van der Waals surface area (Å²) in [6.45, 7) is 2.74. The zero-order valence-corrected chi connectivity index (χ0v) is 11.3. The molecule has 0 fully saturated rings. The summed E-state index contributed by atoms with van der Waals surface area (Å²) in [4.78, 5) is 11.0. The van der Waals surface area contributed by atoms with Gasteiger partial charge in [-0.3, -0.25) is 0 Å². The largest absolute Gasteiger partial charge is 0.494 e. The first-order chi connectivity index (χ1) is 9.19. The van der Waals surface area contributed by atoms with Gasteiger partial charge in [0.1, 0.15) is 22.1 Å². The number of rotatable bonds is 6. The fourth-order valence-electron chi connectivity index (χ4n) is 1.44. The molecule has 1 aromatic carbocycles. The van der Waals surface area contributed by atoms with Gasteiger partial charge in [-0.1, -0.05) is 6.92 Å². The van der Waals surface area contributed by atoms with E-state index < -0.39 is 5.97 Å². The van der Waals surface area contributed by atoms with Crippen molar-refractivity contribution in [3.8, 4) is 17.2 Å². The lowest BCUT2D eigenvalue weighted by Gasteiger charge is -2.06. The Balaban J connectivity index is 2.00.